The Morgan fingerprint density at radius 3 is 2.29 bits per heavy atom. The second-order valence-corrected chi connectivity index (χ2v) is 6.07. The lowest BCUT2D eigenvalue weighted by Gasteiger charge is -2.09. The third-order valence-corrected chi connectivity index (χ3v) is 2.89. The summed E-state index contributed by atoms with van der Waals surface area (Å²) in [6.07, 6.45) is 1.96. The third-order valence-electron chi connectivity index (χ3n) is 2.16. The predicted molar refractivity (Wildman–Crippen MR) is 81.1 cm³/mol. The molecule has 0 aromatic carbocycles. The number of nitrogens with zero attached hydrogens (tertiary/aromatic N) is 3. The van der Waals surface area contributed by atoms with E-state index in [2.05, 4.69) is 30.3 Å². The molecule has 120 valence electrons. The van der Waals surface area contributed by atoms with E-state index in [0.717, 1.165) is 12.7 Å². The maximum absolute atomic E-state index is 10.9. The number of hydrogen-bond donors (Lipinski definition) is 3. The molecule has 1 heterocycles. The highest BCUT2D eigenvalue weighted by atomic mass is 32.2. The van der Waals surface area contributed by atoms with Gasteiger partial charge in [0.2, 0.25) is 21.9 Å². The molecule has 0 bridgehead atoms. The van der Waals surface area contributed by atoms with Crippen LogP contribution in [0.2, 0.25) is 0 Å². The summed E-state index contributed by atoms with van der Waals surface area (Å²) in [6, 6.07) is 0.237. The van der Waals surface area contributed by atoms with Crippen LogP contribution in [0.5, 0.6) is 6.01 Å². The SMILES string of the molecule is CCCOc1nc(NCC)nc(NCCNS(C)(=O)=O)n1. The van der Waals surface area contributed by atoms with Gasteiger partial charge >= 0.3 is 6.01 Å². The highest BCUT2D eigenvalue weighted by Gasteiger charge is 2.07. The van der Waals surface area contributed by atoms with Crippen LogP contribution < -0.4 is 20.1 Å². The fourth-order valence-electron chi connectivity index (χ4n) is 1.34. The van der Waals surface area contributed by atoms with Crippen LogP contribution in [-0.4, -0.2) is 55.9 Å². The Morgan fingerprint density at radius 1 is 1.05 bits per heavy atom. The number of anilines is 2. The van der Waals surface area contributed by atoms with E-state index in [-0.39, 0.29) is 12.6 Å². The second kappa shape index (κ2) is 8.57. The first-order valence-electron chi connectivity index (χ1n) is 6.76. The Balaban J connectivity index is 2.64. The van der Waals surface area contributed by atoms with Crippen molar-refractivity contribution in [1.82, 2.24) is 19.7 Å². The number of hydrogen-bond acceptors (Lipinski definition) is 8. The standard InChI is InChI=1S/C11H22N6O3S/c1-4-8-20-11-16-9(12-5-2)15-10(17-11)13-6-7-14-21(3,18)19/h14H,4-8H2,1-3H3,(H2,12,13,15,16,17). The quantitative estimate of drug-likeness (QED) is 0.518. The molecule has 21 heavy (non-hydrogen) atoms. The first kappa shape index (κ1) is 17.4. The minimum Gasteiger partial charge on any atom is -0.463 e. The molecule has 0 amide bonds. The molecule has 0 saturated heterocycles. The van der Waals surface area contributed by atoms with Crippen molar-refractivity contribution in [3.8, 4) is 6.01 Å². The lowest BCUT2D eigenvalue weighted by Crippen LogP contribution is -2.28. The van der Waals surface area contributed by atoms with E-state index in [4.69, 9.17) is 4.74 Å². The van der Waals surface area contributed by atoms with Gasteiger partial charge in [-0.15, -0.1) is 0 Å². The second-order valence-electron chi connectivity index (χ2n) is 4.24. The number of aromatic nitrogens is 3. The van der Waals surface area contributed by atoms with E-state index in [0.29, 0.717) is 31.6 Å². The molecule has 9 nitrogen and oxygen atoms in total. The average molecular weight is 318 g/mol. The Hall–Kier alpha value is -1.68. The van der Waals surface area contributed by atoms with Crippen molar-refractivity contribution >= 4 is 21.9 Å². The van der Waals surface area contributed by atoms with Gasteiger partial charge in [-0.05, 0) is 13.3 Å². The zero-order chi connectivity index (χ0) is 15.7. The number of rotatable bonds is 10. The van der Waals surface area contributed by atoms with Crippen LogP contribution in [0.25, 0.3) is 0 Å². The number of ether oxygens (including phenoxy) is 1. The van der Waals surface area contributed by atoms with Gasteiger partial charge in [0.05, 0.1) is 12.9 Å². The van der Waals surface area contributed by atoms with E-state index >= 15 is 0 Å². The van der Waals surface area contributed by atoms with Gasteiger partial charge in [0, 0.05) is 19.6 Å². The van der Waals surface area contributed by atoms with Crippen molar-refractivity contribution in [3.63, 3.8) is 0 Å². The zero-order valence-electron chi connectivity index (χ0n) is 12.5. The molecular formula is C11H22N6O3S. The van der Waals surface area contributed by atoms with Crippen molar-refractivity contribution in [2.45, 2.75) is 20.3 Å². The van der Waals surface area contributed by atoms with Gasteiger partial charge in [-0.2, -0.15) is 15.0 Å². The Morgan fingerprint density at radius 2 is 1.71 bits per heavy atom. The van der Waals surface area contributed by atoms with E-state index in [1.165, 1.54) is 0 Å². The van der Waals surface area contributed by atoms with Crippen LogP contribution in [-0.2, 0) is 10.0 Å². The molecule has 1 aromatic heterocycles. The first-order valence-corrected chi connectivity index (χ1v) is 8.65. The van der Waals surface area contributed by atoms with Gasteiger partial charge in [-0.3, -0.25) is 0 Å². The van der Waals surface area contributed by atoms with Gasteiger partial charge in [-0.25, -0.2) is 13.1 Å². The molecule has 0 aliphatic rings. The molecule has 0 atom stereocenters. The third kappa shape index (κ3) is 7.61. The lowest BCUT2D eigenvalue weighted by molar-refractivity contribution is 0.292. The molecule has 0 spiro atoms. The molecule has 0 aliphatic carbocycles. The maximum Gasteiger partial charge on any atom is 0.323 e. The molecular weight excluding hydrogens is 296 g/mol. The minimum absolute atomic E-state index is 0.237. The molecule has 1 rings (SSSR count). The van der Waals surface area contributed by atoms with Crippen LogP contribution in [0.15, 0.2) is 0 Å². The molecule has 0 unspecified atom stereocenters. The number of sulfonamides is 1. The summed E-state index contributed by atoms with van der Waals surface area (Å²) in [4.78, 5) is 12.4. The summed E-state index contributed by atoms with van der Waals surface area (Å²) in [5.41, 5.74) is 0. The van der Waals surface area contributed by atoms with Crippen molar-refractivity contribution in [2.75, 3.05) is 43.1 Å². The van der Waals surface area contributed by atoms with Crippen LogP contribution in [0.3, 0.4) is 0 Å². The first-order chi connectivity index (χ1) is 9.94. The average Bonchev–Trinajstić information content (AvgIpc) is 2.41. The van der Waals surface area contributed by atoms with Gasteiger partial charge in [0.1, 0.15) is 0 Å². The number of nitrogens with one attached hydrogen (secondary N) is 3. The molecule has 1 aromatic rings. The van der Waals surface area contributed by atoms with Gasteiger partial charge in [0.15, 0.2) is 0 Å². The predicted octanol–water partition coefficient (Wildman–Crippen LogP) is 0.0533. The van der Waals surface area contributed by atoms with Crippen molar-refractivity contribution in [3.05, 3.63) is 0 Å². The van der Waals surface area contributed by atoms with Crippen molar-refractivity contribution in [2.24, 2.45) is 0 Å². The van der Waals surface area contributed by atoms with Crippen molar-refractivity contribution < 1.29 is 13.2 Å². The van der Waals surface area contributed by atoms with Crippen molar-refractivity contribution in [1.29, 1.82) is 0 Å². The summed E-state index contributed by atoms with van der Waals surface area (Å²) >= 11 is 0. The summed E-state index contributed by atoms with van der Waals surface area (Å²) in [7, 11) is -3.20. The van der Waals surface area contributed by atoms with E-state index in [1.807, 2.05) is 13.8 Å². The monoisotopic (exact) mass is 318 g/mol. The van der Waals surface area contributed by atoms with Crippen LogP contribution in [0.4, 0.5) is 11.9 Å². The molecule has 0 radical (unpaired) electrons. The molecule has 0 aliphatic heterocycles. The van der Waals surface area contributed by atoms with E-state index in [9.17, 15) is 8.42 Å². The van der Waals surface area contributed by atoms with Gasteiger partial charge < -0.3 is 15.4 Å². The van der Waals surface area contributed by atoms with Crippen LogP contribution >= 0.6 is 0 Å². The summed E-state index contributed by atoms with van der Waals surface area (Å²) in [6.45, 7) is 5.71. The smallest absolute Gasteiger partial charge is 0.323 e. The van der Waals surface area contributed by atoms with E-state index in [1.54, 1.807) is 0 Å². The molecule has 10 heteroatoms. The Labute approximate surface area is 125 Å². The Bertz CT molecular complexity index is 537. The highest BCUT2D eigenvalue weighted by molar-refractivity contribution is 7.88. The van der Waals surface area contributed by atoms with Gasteiger partial charge in [-0.1, -0.05) is 6.92 Å². The largest absolute Gasteiger partial charge is 0.463 e. The van der Waals surface area contributed by atoms with Gasteiger partial charge in [0.25, 0.3) is 0 Å². The fraction of sp³-hybridized carbons (Fsp3) is 0.727. The van der Waals surface area contributed by atoms with E-state index < -0.39 is 10.0 Å². The maximum atomic E-state index is 10.9. The fourth-order valence-corrected chi connectivity index (χ4v) is 1.81. The van der Waals surface area contributed by atoms with Crippen LogP contribution in [0, 0.1) is 0 Å². The lowest BCUT2D eigenvalue weighted by atomic mass is 10.5. The van der Waals surface area contributed by atoms with Crippen LogP contribution in [0.1, 0.15) is 20.3 Å². The normalized spacial score (nSPS) is 11.2. The Kier molecular flexibility index (Phi) is 7.09. The minimum atomic E-state index is -3.20. The summed E-state index contributed by atoms with van der Waals surface area (Å²) < 4.78 is 29.7. The molecule has 0 saturated carbocycles. The molecule has 0 fully saturated rings. The topological polar surface area (TPSA) is 118 Å². The molecule has 3 N–H and O–H groups in total. The summed E-state index contributed by atoms with van der Waals surface area (Å²) in [5.74, 6) is 0.750. The summed E-state index contributed by atoms with van der Waals surface area (Å²) in [5, 5.41) is 5.91. The zero-order valence-corrected chi connectivity index (χ0v) is 13.3. The highest BCUT2D eigenvalue weighted by Crippen LogP contribution is 2.11.